The van der Waals surface area contributed by atoms with Crippen molar-refractivity contribution in [1.29, 1.82) is 0 Å². The van der Waals surface area contributed by atoms with Gasteiger partial charge in [-0.25, -0.2) is 4.39 Å². The van der Waals surface area contributed by atoms with Crippen LogP contribution in [0.3, 0.4) is 0 Å². The molecule has 1 atom stereocenters. The third kappa shape index (κ3) is 6.00. The number of carbonyl (C=O) groups excluding carboxylic acids is 1. The zero-order valence-electron chi connectivity index (χ0n) is 19.1. The van der Waals surface area contributed by atoms with Crippen molar-refractivity contribution in [3.05, 3.63) is 29.6 Å². The number of carbonyl (C=O) groups is 1. The summed E-state index contributed by atoms with van der Waals surface area (Å²) in [6, 6.07) is 5.15. The van der Waals surface area contributed by atoms with E-state index in [2.05, 4.69) is 20.7 Å². The van der Waals surface area contributed by atoms with Crippen LogP contribution in [0.25, 0.3) is 0 Å². The van der Waals surface area contributed by atoms with Crippen LogP contribution in [-0.2, 0) is 9.63 Å². The Morgan fingerprint density at radius 1 is 1.24 bits per heavy atom. The molecule has 9 nitrogen and oxygen atoms in total. The molecule has 1 amide bonds. The van der Waals surface area contributed by atoms with Gasteiger partial charge < -0.3 is 25.7 Å². The monoisotopic (exact) mass is 457 g/mol. The fourth-order valence-corrected chi connectivity index (χ4v) is 4.33. The van der Waals surface area contributed by atoms with E-state index in [1.165, 1.54) is 32.3 Å². The minimum Gasteiger partial charge on any atom is -0.390 e. The van der Waals surface area contributed by atoms with Crippen molar-refractivity contribution in [3.8, 4) is 0 Å². The Hall–Kier alpha value is -3.17. The maximum Gasteiger partial charge on any atom is 0.217 e. The van der Waals surface area contributed by atoms with Crippen molar-refractivity contribution in [2.24, 2.45) is 21.1 Å². The third-order valence-corrected chi connectivity index (χ3v) is 6.26. The van der Waals surface area contributed by atoms with Crippen LogP contribution in [0, 0.1) is 5.82 Å². The summed E-state index contributed by atoms with van der Waals surface area (Å²) in [5.74, 6) is 0.0176. The van der Waals surface area contributed by atoms with Crippen molar-refractivity contribution < 1.29 is 14.0 Å². The molecule has 2 heterocycles. The van der Waals surface area contributed by atoms with Gasteiger partial charge in [-0.05, 0) is 37.8 Å². The number of nitrogens with two attached hydrogens (primary N) is 1. The second kappa shape index (κ2) is 10.6. The molecule has 178 valence electrons. The number of nitrogens with one attached hydrogen (secondary N) is 1. The van der Waals surface area contributed by atoms with Crippen molar-refractivity contribution in [1.82, 2.24) is 10.2 Å². The summed E-state index contributed by atoms with van der Waals surface area (Å²) >= 11 is 0. The molecule has 10 heteroatoms. The first-order valence-electron chi connectivity index (χ1n) is 11.7. The molecule has 1 saturated carbocycles. The summed E-state index contributed by atoms with van der Waals surface area (Å²) < 4.78 is 14.9. The molecule has 1 aromatic rings. The molecule has 3 N–H and O–H groups in total. The van der Waals surface area contributed by atoms with Crippen LogP contribution < -0.4 is 16.0 Å². The van der Waals surface area contributed by atoms with Crippen LogP contribution in [0.5, 0.6) is 0 Å². The Morgan fingerprint density at radius 2 is 2.00 bits per heavy atom. The second-order valence-electron chi connectivity index (χ2n) is 8.73. The maximum atomic E-state index is 14.9. The number of piperazine rings is 1. The summed E-state index contributed by atoms with van der Waals surface area (Å²) in [4.78, 5) is 20.4. The van der Waals surface area contributed by atoms with Gasteiger partial charge in [-0.15, -0.1) is 5.10 Å². The van der Waals surface area contributed by atoms with E-state index in [1.807, 2.05) is 15.9 Å². The van der Waals surface area contributed by atoms with Gasteiger partial charge in [0.15, 0.2) is 0 Å². The Labute approximate surface area is 193 Å². The lowest BCUT2D eigenvalue weighted by atomic mass is 9.99. The molecule has 4 rings (SSSR count). The van der Waals surface area contributed by atoms with Gasteiger partial charge in [0.2, 0.25) is 11.9 Å². The molecule has 2 fully saturated rings. The summed E-state index contributed by atoms with van der Waals surface area (Å²) in [6.07, 6.45) is 5.93. The summed E-state index contributed by atoms with van der Waals surface area (Å²) in [6.45, 7) is 4.45. The molecular weight excluding hydrogens is 425 g/mol. The van der Waals surface area contributed by atoms with Crippen LogP contribution in [0.15, 0.2) is 33.6 Å². The smallest absolute Gasteiger partial charge is 0.217 e. The minimum absolute atomic E-state index is 0.118. The zero-order chi connectivity index (χ0) is 23.2. The van der Waals surface area contributed by atoms with Gasteiger partial charge in [-0.2, -0.15) is 5.10 Å². The molecule has 1 aliphatic carbocycles. The summed E-state index contributed by atoms with van der Waals surface area (Å²) in [5, 5.41) is 15.4. The molecule has 0 radical (unpaired) electrons. The largest absolute Gasteiger partial charge is 0.390 e. The topological polar surface area (TPSA) is 108 Å². The van der Waals surface area contributed by atoms with Crippen molar-refractivity contribution in [2.45, 2.75) is 51.6 Å². The molecule has 0 bridgehead atoms. The lowest BCUT2D eigenvalue weighted by Crippen LogP contribution is -2.51. The summed E-state index contributed by atoms with van der Waals surface area (Å²) in [7, 11) is 0. The minimum atomic E-state index is -0.292. The van der Waals surface area contributed by atoms with Crippen LogP contribution in [-0.4, -0.2) is 67.0 Å². The van der Waals surface area contributed by atoms with Crippen molar-refractivity contribution in [2.75, 3.05) is 37.6 Å². The average Bonchev–Trinajstić information content (AvgIpc) is 3.31. The van der Waals surface area contributed by atoms with Crippen LogP contribution in [0.2, 0.25) is 0 Å². The first-order chi connectivity index (χ1) is 16.0. The number of rotatable bonds is 5. The standard InChI is InChI=1S/C23H32FN7O2/c1-16(32)26-15-19-14-21(29-33-19)17-7-8-22(20(24)13-17)30-9-11-31(12-10-30)23(25)28-27-18-5-3-2-4-6-18/h7-8,13,19H,2-6,9-12,14-15H2,1H3,(H2,25,28)(H,26,32). The zero-order valence-corrected chi connectivity index (χ0v) is 19.1. The van der Waals surface area contributed by atoms with Crippen molar-refractivity contribution in [3.63, 3.8) is 0 Å². The first kappa shape index (κ1) is 23.0. The Morgan fingerprint density at radius 3 is 2.70 bits per heavy atom. The van der Waals surface area contributed by atoms with E-state index >= 15 is 0 Å². The van der Waals surface area contributed by atoms with Gasteiger partial charge in [0.1, 0.15) is 11.9 Å². The van der Waals surface area contributed by atoms with E-state index in [1.54, 1.807) is 6.07 Å². The third-order valence-electron chi connectivity index (χ3n) is 6.26. The highest BCUT2D eigenvalue weighted by Crippen LogP contribution is 2.25. The highest BCUT2D eigenvalue weighted by atomic mass is 19.1. The van der Waals surface area contributed by atoms with Crippen LogP contribution >= 0.6 is 0 Å². The van der Waals surface area contributed by atoms with E-state index in [4.69, 9.17) is 10.6 Å². The van der Waals surface area contributed by atoms with E-state index in [0.29, 0.717) is 62.1 Å². The van der Waals surface area contributed by atoms with Gasteiger partial charge in [0.25, 0.3) is 0 Å². The molecule has 33 heavy (non-hydrogen) atoms. The van der Waals surface area contributed by atoms with Gasteiger partial charge in [-0.3, -0.25) is 4.79 Å². The fraction of sp³-hybridized carbons (Fsp3) is 0.565. The maximum absolute atomic E-state index is 14.9. The number of oxime groups is 1. The SMILES string of the molecule is CC(=O)NCC1CC(c2ccc(N3CCN(/C(N)=N/N=C4CCCCC4)CC3)c(F)c2)=NO1. The molecule has 1 saturated heterocycles. The van der Waals surface area contributed by atoms with E-state index in [-0.39, 0.29) is 17.8 Å². The van der Waals surface area contributed by atoms with Gasteiger partial charge in [0.05, 0.1) is 17.9 Å². The number of amides is 1. The fourth-order valence-electron chi connectivity index (χ4n) is 4.33. The van der Waals surface area contributed by atoms with Crippen molar-refractivity contribution >= 4 is 29.0 Å². The normalized spacial score (nSPS) is 21.5. The predicted molar refractivity (Wildman–Crippen MR) is 127 cm³/mol. The number of nitrogens with zero attached hydrogens (tertiary/aromatic N) is 5. The highest BCUT2D eigenvalue weighted by molar-refractivity contribution is 6.01. The van der Waals surface area contributed by atoms with E-state index < -0.39 is 0 Å². The summed E-state index contributed by atoms with van der Waals surface area (Å²) in [5.41, 5.74) is 9.21. The predicted octanol–water partition coefficient (Wildman–Crippen LogP) is 2.21. The van der Waals surface area contributed by atoms with E-state index in [9.17, 15) is 9.18 Å². The molecule has 0 aromatic heterocycles. The molecule has 1 aromatic carbocycles. The number of hydrogen-bond donors (Lipinski definition) is 2. The molecule has 3 aliphatic rings. The van der Waals surface area contributed by atoms with Gasteiger partial charge >= 0.3 is 0 Å². The number of guanidine groups is 1. The molecule has 2 aliphatic heterocycles. The van der Waals surface area contributed by atoms with Gasteiger partial charge in [0, 0.05) is 50.8 Å². The van der Waals surface area contributed by atoms with E-state index in [0.717, 1.165) is 18.6 Å². The lowest BCUT2D eigenvalue weighted by molar-refractivity contribution is -0.119. The Balaban J connectivity index is 1.31. The first-order valence-corrected chi connectivity index (χ1v) is 11.7. The average molecular weight is 458 g/mol. The lowest BCUT2D eigenvalue weighted by Gasteiger charge is -2.36. The number of anilines is 1. The van der Waals surface area contributed by atoms with Crippen LogP contribution in [0.1, 0.15) is 51.0 Å². The number of halogens is 1. The Kier molecular flexibility index (Phi) is 7.41. The second-order valence-corrected chi connectivity index (χ2v) is 8.73. The highest BCUT2D eigenvalue weighted by Gasteiger charge is 2.25. The molecule has 1 unspecified atom stereocenters. The number of benzene rings is 1. The quantitative estimate of drug-likeness (QED) is 0.400. The Bertz CT molecular complexity index is 946. The molecular formula is C23H32FN7O2. The molecule has 0 spiro atoms. The number of hydrogen-bond acceptors (Lipinski definition) is 6. The van der Waals surface area contributed by atoms with Gasteiger partial charge in [-0.1, -0.05) is 17.6 Å². The van der Waals surface area contributed by atoms with Crippen LogP contribution in [0.4, 0.5) is 10.1 Å².